The van der Waals surface area contributed by atoms with Crippen molar-refractivity contribution in [3.05, 3.63) is 77.2 Å². The third kappa shape index (κ3) is 3.43. The molecule has 0 unspecified atom stereocenters. The Morgan fingerprint density at radius 2 is 1.83 bits per heavy atom. The fraction of sp³-hybridized carbons (Fsp3) is 0.0476. The SMILES string of the molecule is Cc1noc2nc(-c3ccccc3)cc(C(=O)Nc3ccc(F)c(C(N)=O)c3)c12. The number of hydrogen-bond donors (Lipinski definition) is 2. The number of anilines is 1. The number of nitrogens with one attached hydrogen (secondary N) is 1. The minimum atomic E-state index is -0.925. The predicted molar refractivity (Wildman–Crippen MR) is 105 cm³/mol. The highest BCUT2D eigenvalue weighted by atomic mass is 19.1. The van der Waals surface area contributed by atoms with Gasteiger partial charge in [-0.25, -0.2) is 9.37 Å². The standard InChI is InChI=1S/C21H15FN4O3/c1-11-18-15(20(28)24-13-7-8-16(22)14(9-13)19(23)27)10-17(25-21(18)29-26-11)12-5-3-2-4-6-12/h2-10H,1H3,(H2,23,27)(H,24,28). The molecule has 0 saturated carbocycles. The number of nitrogens with zero attached hydrogens (tertiary/aromatic N) is 2. The number of aromatic nitrogens is 2. The smallest absolute Gasteiger partial charge is 0.259 e. The summed E-state index contributed by atoms with van der Waals surface area (Å²) in [5, 5.41) is 7.03. The summed E-state index contributed by atoms with van der Waals surface area (Å²) in [5.41, 5.74) is 7.45. The van der Waals surface area contributed by atoms with E-state index in [0.717, 1.165) is 11.6 Å². The van der Waals surface area contributed by atoms with Gasteiger partial charge in [-0.05, 0) is 31.2 Å². The minimum absolute atomic E-state index is 0.227. The molecule has 2 amide bonds. The maximum atomic E-state index is 13.7. The molecule has 0 atom stereocenters. The maximum Gasteiger partial charge on any atom is 0.259 e. The zero-order chi connectivity index (χ0) is 20.5. The third-order valence-electron chi connectivity index (χ3n) is 4.42. The summed E-state index contributed by atoms with van der Waals surface area (Å²) >= 11 is 0. The maximum absolute atomic E-state index is 13.7. The van der Waals surface area contributed by atoms with Crippen molar-refractivity contribution >= 4 is 28.6 Å². The molecule has 0 spiro atoms. The number of amides is 2. The molecule has 8 heteroatoms. The van der Waals surface area contributed by atoms with E-state index in [4.69, 9.17) is 10.3 Å². The van der Waals surface area contributed by atoms with E-state index in [1.165, 1.54) is 12.1 Å². The zero-order valence-corrected chi connectivity index (χ0v) is 15.3. The molecule has 0 aliphatic carbocycles. The molecule has 0 fully saturated rings. The first-order valence-corrected chi connectivity index (χ1v) is 8.67. The van der Waals surface area contributed by atoms with Crippen LogP contribution in [0.1, 0.15) is 26.4 Å². The molecule has 2 heterocycles. The van der Waals surface area contributed by atoms with Gasteiger partial charge in [0.1, 0.15) is 5.82 Å². The Morgan fingerprint density at radius 1 is 1.07 bits per heavy atom. The molecule has 2 aromatic heterocycles. The second kappa shape index (κ2) is 7.16. The van der Waals surface area contributed by atoms with Crippen LogP contribution in [-0.2, 0) is 0 Å². The van der Waals surface area contributed by atoms with Crippen LogP contribution in [0.5, 0.6) is 0 Å². The lowest BCUT2D eigenvalue weighted by Crippen LogP contribution is -2.16. The van der Waals surface area contributed by atoms with E-state index in [1.54, 1.807) is 13.0 Å². The molecule has 7 nitrogen and oxygen atoms in total. The van der Waals surface area contributed by atoms with E-state index in [2.05, 4.69) is 15.5 Å². The van der Waals surface area contributed by atoms with Crippen molar-refractivity contribution in [2.45, 2.75) is 6.92 Å². The lowest BCUT2D eigenvalue weighted by atomic mass is 10.0. The van der Waals surface area contributed by atoms with Crippen LogP contribution in [0.15, 0.2) is 59.1 Å². The summed E-state index contributed by atoms with van der Waals surface area (Å²) in [6.07, 6.45) is 0. The number of aryl methyl sites for hydroxylation is 1. The normalized spacial score (nSPS) is 10.8. The van der Waals surface area contributed by atoms with Crippen LogP contribution in [0.2, 0.25) is 0 Å². The molecule has 0 aliphatic heterocycles. The van der Waals surface area contributed by atoms with Crippen LogP contribution in [0.3, 0.4) is 0 Å². The number of rotatable bonds is 4. The molecule has 0 saturated heterocycles. The largest absolute Gasteiger partial charge is 0.366 e. The lowest BCUT2D eigenvalue weighted by Gasteiger charge is -2.09. The molecule has 0 aliphatic rings. The van der Waals surface area contributed by atoms with Gasteiger partial charge in [-0.3, -0.25) is 9.59 Å². The molecule has 3 N–H and O–H groups in total. The number of nitrogens with two attached hydrogens (primary N) is 1. The van der Waals surface area contributed by atoms with Crippen molar-refractivity contribution in [2.75, 3.05) is 5.32 Å². The van der Waals surface area contributed by atoms with Crippen molar-refractivity contribution in [3.8, 4) is 11.3 Å². The number of carbonyl (C=O) groups excluding carboxylic acids is 2. The van der Waals surface area contributed by atoms with Crippen LogP contribution in [0, 0.1) is 12.7 Å². The number of halogens is 1. The van der Waals surface area contributed by atoms with Crippen LogP contribution in [0.25, 0.3) is 22.4 Å². The second-order valence-corrected chi connectivity index (χ2v) is 6.38. The van der Waals surface area contributed by atoms with Crippen molar-refractivity contribution in [3.63, 3.8) is 0 Å². The van der Waals surface area contributed by atoms with Crippen molar-refractivity contribution in [2.24, 2.45) is 5.73 Å². The molecule has 4 rings (SSSR count). The Balaban J connectivity index is 1.78. The first-order valence-electron chi connectivity index (χ1n) is 8.67. The topological polar surface area (TPSA) is 111 Å². The van der Waals surface area contributed by atoms with Crippen molar-refractivity contribution in [1.82, 2.24) is 10.1 Å². The molecule has 29 heavy (non-hydrogen) atoms. The van der Waals surface area contributed by atoms with E-state index < -0.39 is 17.6 Å². The Morgan fingerprint density at radius 3 is 2.55 bits per heavy atom. The van der Waals surface area contributed by atoms with Crippen LogP contribution in [0.4, 0.5) is 10.1 Å². The number of primary amides is 1. The predicted octanol–water partition coefficient (Wildman–Crippen LogP) is 3.69. The lowest BCUT2D eigenvalue weighted by molar-refractivity contribution is 0.0992. The first kappa shape index (κ1) is 18.3. The number of fused-ring (bicyclic) bond motifs is 1. The van der Waals surface area contributed by atoms with E-state index in [9.17, 15) is 14.0 Å². The molecule has 4 aromatic rings. The number of pyridine rings is 1. The van der Waals surface area contributed by atoms with Crippen molar-refractivity contribution in [1.29, 1.82) is 0 Å². The van der Waals surface area contributed by atoms with Gasteiger partial charge in [-0.2, -0.15) is 0 Å². The molecule has 0 bridgehead atoms. The van der Waals surface area contributed by atoms with Crippen LogP contribution >= 0.6 is 0 Å². The van der Waals surface area contributed by atoms with Gasteiger partial charge in [0, 0.05) is 11.3 Å². The monoisotopic (exact) mass is 390 g/mol. The fourth-order valence-electron chi connectivity index (χ4n) is 3.02. The molecular weight excluding hydrogens is 375 g/mol. The van der Waals surface area contributed by atoms with Crippen LogP contribution < -0.4 is 11.1 Å². The molecule has 0 radical (unpaired) electrons. The Labute approximate surface area is 164 Å². The number of carbonyl (C=O) groups is 2. The van der Waals surface area contributed by atoms with Crippen molar-refractivity contribution < 1.29 is 18.5 Å². The van der Waals surface area contributed by atoms with Crippen LogP contribution in [-0.4, -0.2) is 22.0 Å². The Kier molecular flexibility index (Phi) is 4.52. The highest BCUT2D eigenvalue weighted by molar-refractivity contribution is 6.13. The molecule has 144 valence electrons. The first-order chi connectivity index (χ1) is 13.9. The van der Waals surface area contributed by atoms with E-state index in [-0.39, 0.29) is 22.5 Å². The summed E-state index contributed by atoms with van der Waals surface area (Å²) < 4.78 is 19.0. The summed E-state index contributed by atoms with van der Waals surface area (Å²) in [6, 6.07) is 14.5. The molecule has 2 aromatic carbocycles. The Bertz CT molecular complexity index is 1250. The molecular formula is C21H15FN4O3. The van der Waals surface area contributed by atoms with E-state index in [0.29, 0.717) is 16.8 Å². The van der Waals surface area contributed by atoms with Gasteiger partial charge in [0.2, 0.25) is 0 Å². The van der Waals surface area contributed by atoms with Gasteiger partial charge in [0.05, 0.1) is 27.9 Å². The highest BCUT2D eigenvalue weighted by Gasteiger charge is 2.20. The zero-order valence-electron chi connectivity index (χ0n) is 15.3. The number of hydrogen-bond acceptors (Lipinski definition) is 5. The summed E-state index contributed by atoms with van der Waals surface area (Å²) in [7, 11) is 0. The van der Waals surface area contributed by atoms with Gasteiger partial charge in [0.25, 0.3) is 17.5 Å². The van der Waals surface area contributed by atoms with Gasteiger partial charge in [0.15, 0.2) is 0 Å². The fourth-order valence-corrected chi connectivity index (χ4v) is 3.02. The average molecular weight is 390 g/mol. The second-order valence-electron chi connectivity index (χ2n) is 6.38. The summed E-state index contributed by atoms with van der Waals surface area (Å²) in [4.78, 5) is 28.8. The van der Waals surface area contributed by atoms with Gasteiger partial charge in [-0.15, -0.1) is 0 Å². The Hall–Kier alpha value is -4.07. The van der Waals surface area contributed by atoms with Gasteiger partial charge >= 0.3 is 0 Å². The van der Waals surface area contributed by atoms with E-state index in [1.807, 2.05) is 30.3 Å². The van der Waals surface area contributed by atoms with Gasteiger partial charge < -0.3 is 15.6 Å². The summed E-state index contributed by atoms with van der Waals surface area (Å²) in [5.74, 6) is -2.17. The van der Waals surface area contributed by atoms with E-state index >= 15 is 0 Å². The van der Waals surface area contributed by atoms with Gasteiger partial charge in [-0.1, -0.05) is 35.5 Å². The third-order valence-corrected chi connectivity index (χ3v) is 4.42. The average Bonchev–Trinajstić information content (AvgIpc) is 3.10. The minimum Gasteiger partial charge on any atom is -0.366 e. The highest BCUT2D eigenvalue weighted by Crippen LogP contribution is 2.28. The number of benzene rings is 2. The quantitative estimate of drug-likeness (QED) is 0.552. The summed E-state index contributed by atoms with van der Waals surface area (Å²) in [6.45, 7) is 1.70.